The molecule has 0 amide bonds. The number of aryl methyl sites for hydroxylation is 1. The Kier molecular flexibility index (Phi) is 3.64. The van der Waals surface area contributed by atoms with E-state index < -0.39 is 0 Å². The Morgan fingerprint density at radius 2 is 2.22 bits per heavy atom. The van der Waals surface area contributed by atoms with Crippen LogP contribution in [0.5, 0.6) is 0 Å². The molecule has 0 spiro atoms. The van der Waals surface area contributed by atoms with Gasteiger partial charge in [-0.1, -0.05) is 25.3 Å². The number of pyridine rings is 1. The van der Waals surface area contributed by atoms with Crippen LogP contribution in [0.1, 0.15) is 44.1 Å². The van der Waals surface area contributed by atoms with Gasteiger partial charge in [0.2, 0.25) is 0 Å². The summed E-state index contributed by atoms with van der Waals surface area (Å²) in [6.45, 7) is 2.59. The number of unbranched alkanes of at least 4 members (excludes halogenated alkanes) is 3. The molecule has 3 rings (SSSR count). The van der Waals surface area contributed by atoms with Crippen LogP contribution in [0.4, 0.5) is 0 Å². The van der Waals surface area contributed by atoms with E-state index >= 15 is 0 Å². The summed E-state index contributed by atoms with van der Waals surface area (Å²) in [5.74, 6) is 1.04. The lowest BCUT2D eigenvalue weighted by atomic mass is 9.96. The van der Waals surface area contributed by atoms with Crippen LogP contribution >= 0.6 is 0 Å². The van der Waals surface area contributed by atoms with Gasteiger partial charge in [0.15, 0.2) is 0 Å². The Labute approximate surface area is 110 Å². The summed E-state index contributed by atoms with van der Waals surface area (Å²) in [7, 11) is 0. The summed E-state index contributed by atoms with van der Waals surface area (Å²) in [6.07, 6.45) is 13.6. The molecule has 2 atom stereocenters. The van der Waals surface area contributed by atoms with Gasteiger partial charge in [0.05, 0.1) is 0 Å². The first-order valence-corrected chi connectivity index (χ1v) is 7.49. The quantitative estimate of drug-likeness (QED) is 0.745. The van der Waals surface area contributed by atoms with E-state index in [2.05, 4.69) is 16.4 Å². The van der Waals surface area contributed by atoms with Crippen LogP contribution in [0.25, 0.3) is 0 Å². The lowest BCUT2D eigenvalue weighted by Gasteiger charge is -2.10. The Morgan fingerprint density at radius 1 is 1.28 bits per heavy atom. The number of piperidine rings is 1. The third kappa shape index (κ3) is 2.74. The maximum atomic E-state index is 4.16. The highest BCUT2D eigenvalue weighted by Crippen LogP contribution is 2.58. The number of hydrogen-bond donors (Lipinski definition) is 1. The second kappa shape index (κ2) is 5.40. The molecule has 2 aliphatic rings. The van der Waals surface area contributed by atoms with Crippen molar-refractivity contribution in [1.82, 2.24) is 10.3 Å². The highest BCUT2D eigenvalue weighted by atomic mass is 15.0. The second-order valence-corrected chi connectivity index (χ2v) is 6.17. The minimum Gasteiger partial charge on any atom is -0.316 e. The molecule has 1 saturated carbocycles. The third-order valence-electron chi connectivity index (χ3n) is 4.84. The number of hydrogen-bond acceptors (Lipinski definition) is 2. The van der Waals surface area contributed by atoms with Gasteiger partial charge in [-0.15, -0.1) is 0 Å². The van der Waals surface area contributed by atoms with E-state index in [4.69, 9.17) is 0 Å². The molecule has 1 aliphatic carbocycles. The van der Waals surface area contributed by atoms with Crippen LogP contribution in [-0.4, -0.2) is 18.1 Å². The van der Waals surface area contributed by atoms with Gasteiger partial charge in [0.1, 0.15) is 0 Å². The fraction of sp³-hybridized carbons (Fsp3) is 0.688. The number of nitrogens with one attached hydrogen (secondary N) is 1. The van der Waals surface area contributed by atoms with E-state index in [1.54, 1.807) is 0 Å². The molecule has 0 aromatic carbocycles. The van der Waals surface area contributed by atoms with Crippen molar-refractivity contribution in [3.8, 4) is 0 Å². The first-order valence-electron chi connectivity index (χ1n) is 7.49. The van der Waals surface area contributed by atoms with Crippen LogP contribution in [0.3, 0.4) is 0 Å². The zero-order valence-corrected chi connectivity index (χ0v) is 11.2. The van der Waals surface area contributed by atoms with E-state index in [0.717, 1.165) is 11.3 Å². The number of fused-ring (bicyclic) bond motifs is 1. The van der Waals surface area contributed by atoms with Gasteiger partial charge < -0.3 is 5.32 Å². The molecule has 18 heavy (non-hydrogen) atoms. The van der Waals surface area contributed by atoms with Crippen molar-refractivity contribution in [2.24, 2.45) is 11.3 Å². The minimum absolute atomic E-state index is 0.753. The van der Waals surface area contributed by atoms with Crippen molar-refractivity contribution in [2.45, 2.75) is 44.9 Å². The Hall–Kier alpha value is -0.890. The number of rotatable bonds is 7. The van der Waals surface area contributed by atoms with Gasteiger partial charge >= 0.3 is 0 Å². The van der Waals surface area contributed by atoms with Crippen molar-refractivity contribution in [1.29, 1.82) is 0 Å². The first-order chi connectivity index (χ1) is 8.89. The molecule has 1 aromatic rings. The van der Waals surface area contributed by atoms with Crippen LogP contribution in [0, 0.1) is 11.3 Å². The van der Waals surface area contributed by atoms with Crippen molar-refractivity contribution in [3.63, 3.8) is 0 Å². The zero-order chi connectivity index (χ0) is 12.3. The predicted molar refractivity (Wildman–Crippen MR) is 74.4 cm³/mol. The molecule has 2 unspecified atom stereocenters. The summed E-state index contributed by atoms with van der Waals surface area (Å²) < 4.78 is 0. The molecule has 98 valence electrons. The van der Waals surface area contributed by atoms with Crippen LogP contribution in [0.2, 0.25) is 0 Å². The minimum atomic E-state index is 0.753. The second-order valence-electron chi connectivity index (χ2n) is 6.17. The van der Waals surface area contributed by atoms with E-state index in [1.807, 2.05) is 18.5 Å². The molecule has 1 aliphatic heterocycles. The molecule has 1 saturated heterocycles. The number of nitrogens with zero attached hydrogens (tertiary/aromatic N) is 1. The fourth-order valence-electron chi connectivity index (χ4n) is 3.53. The maximum absolute atomic E-state index is 4.16. The molecule has 1 N–H and O–H groups in total. The highest BCUT2D eigenvalue weighted by molar-refractivity contribution is 5.09. The summed E-state index contributed by atoms with van der Waals surface area (Å²) in [5, 5.41) is 3.53. The Balaban J connectivity index is 1.25. The molecule has 0 radical (unpaired) electrons. The summed E-state index contributed by atoms with van der Waals surface area (Å²) in [5.41, 5.74) is 2.14. The highest BCUT2D eigenvalue weighted by Gasteiger charge is 2.55. The van der Waals surface area contributed by atoms with E-state index in [0.29, 0.717) is 0 Å². The lowest BCUT2D eigenvalue weighted by Crippen LogP contribution is -2.16. The molecule has 2 fully saturated rings. The average Bonchev–Trinajstić information content (AvgIpc) is 2.96. The van der Waals surface area contributed by atoms with Gasteiger partial charge in [-0.05, 0) is 55.2 Å². The monoisotopic (exact) mass is 244 g/mol. The standard InChI is InChI=1S/C16H24N2/c1(3-6-14-7-5-9-17-11-14)2-4-8-16-10-15(16)12-18-13-16/h5,7,9,11,15,18H,1-4,6,8,10,12-13H2. The molecular formula is C16H24N2. The summed E-state index contributed by atoms with van der Waals surface area (Å²) in [4.78, 5) is 4.16. The molecule has 1 aromatic heterocycles. The van der Waals surface area contributed by atoms with Crippen molar-refractivity contribution in [2.75, 3.05) is 13.1 Å². The fourth-order valence-corrected chi connectivity index (χ4v) is 3.53. The van der Waals surface area contributed by atoms with Gasteiger partial charge in [-0.2, -0.15) is 0 Å². The summed E-state index contributed by atoms with van der Waals surface area (Å²) >= 11 is 0. The van der Waals surface area contributed by atoms with Gasteiger partial charge in [-0.25, -0.2) is 0 Å². The van der Waals surface area contributed by atoms with Crippen molar-refractivity contribution < 1.29 is 0 Å². The van der Waals surface area contributed by atoms with E-state index in [1.165, 1.54) is 63.6 Å². The third-order valence-corrected chi connectivity index (χ3v) is 4.84. The van der Waals surface area contributed by atoms with Gasteiger partial charge in [0, 0.05) is 18.9 Å². The van der Waals surface area contributed by atoms with Crippen molar-refractivity contribution in [3.05, 3.63) is 30.1 Å². The molecule has 0 bridgehead atoms. The first kappa shape index (κ1) is 12.2. The van der Waals surface area contributed by atoms with Gasteiger partial charge in [-0.3, -0.25) is 4.98 Å². The van der Waals surface area contributed by atoms with Gasteiger partial charge in [0.25, 0.3) is 0 Å². The van der Waals surface area contributed by atoms with E-state index in [-0.39, 0.29) is 0 Å². The summed E-state index contributed by atoms with van der Waals surface area (Å²) in [6, 6.07) is 4.22. The molecule has 2 nitrogen and oxygen atoms in total. The smallest absolute Gasteiger partial charge is 0.0299 e. The maximum Gasteiger partial charge on any atom is 0.0299 e. The Bertz CT molecular complexity index is 376. The number of aromatic nitrogens is 1. The van der Waals surface area contributed by atoms with E-state index in [9.17, 15) is 0 Å². The topological polar surface area (TPSA) is 24.9 Å². The largest absolute Gasteiger partial charge is 0.316 e. The Morgan fingerprint density at radius 3 is 2.94 bits per heavy atom. The molecule has 2 heterocycles. The van der Waals surface area contributed by atoms with Crippen LogP contribution < -0.4 is 5.32 Å². The molecule has 2 heteroatoms. The predicted octanol–water partition coefficient (Wildman–Crippen LogP) is 3.18. The van der Waals surface area contributed by atoms with Crippen LogP contribution in [0.15, 0.2) is 24.5 Å². The zero-order valence-electron chi connectivity index (χ0n) is 11.2. The van der Waals surface area contributed by atoms with Crippen LogP contribution in [-0.2, 0) is 6.42 Å². The SMILES string of the molecule is c1cncc(CCCCCCC23CNCC2C3)c1. The normalized spacial score (nSPS) is 29.2. The molecular weight excluding hydrogens is 220 g/mol. The van der Waals surface area contributed by atoms with Crippen molar-refractivity contribution >= 4 is 0 Å². The average molecular weight is 244 g/mol. The lowest BCUT2D eigenvalue weighted by molar-refractivity contribution is 0.437.